The van der Waals surface area contributed by atoms with Gasteiger partial charge < -0.3 is 9.47 Å². The van der Waals surface area contributed by atoms with E-state index in [9.17, 15) is 14.4 Å². The second-order valence-electron chi connectivity index (χ2n) is 5.01. The predicted octanol–water partition coefficient (Wildman–Crippen LogP) is 0.637. The van der Waals surface area contributed by atoms with Gasteiger partial charge in [0.2, 0.25) is 0 Å². The molecule has 114 valence electrons. The van der Waals surface area contributed by atoms with E-state index >= 15 is 0 Å². The third-order valence-electron chi connectivity index (χ3n) is 3.94. The van der Waals surface area contributed by atoms with Gasteiger partial charge >= 0.3 is 11.9 Å². The number of Topliss-reactive ketones (excluding diaryl/α,β-unsaturated/α-hetero) is 1. The van der Waals surface area contributed by atoms with Crippen molar-refractivity contribution >= 4 is 17.7 Å². The minimum atomic E-state index is -0.939. The van der Waals surface area contributed by atoms with Crippen molar-refractivity contribution in [3.63, 3.8) is 0 Å². The molecule has 0 aliphatic carbocycles. The molecule has 0 radical (unpaired) electrons. The molecule has 1 heterocycles. The number of hydrogen-bond acceptors (Lipinski definition) is 6. The van der Waals surface area contributed by atoms with Gasteiger partial charge in [0.25, 0.3) is 0 Å². The van der Waals surface area contributed by atoms with E-state index in [1.165, 1.54) is 0 Å². The van der Waals surface area contributed by atoms with Gasteiger partial charge in [0.05, 0.1) is 13.2 Å². The van der Waals surface area contributed by atoms with Crippen LogP contribution in [0.25, 0.3) is 0 Å². The normalized spacial score (nSPS) is 30.9. The first-order valence-electron chi connectivity index (χ1n) is 6.95. The Kier molecular flexibility index (Phi) is 5.68. The van der Waals surface area contributed by atoms with Gasteiger partial charge in [0.1, 0.15) is 11.8 Å². The summed E-state index contributed by atoms with van der Waals surface area (Å²) in [7, 11) is 1.79. The number of hydrogen-bond donors (Lipinski definition) is 0. The fraction of sp³-hybridized carbons (Fsp3) is 0.786. The zero-order valence-electron chi connectivity index (χ0n) is 12.7. The second-order valence-corrected chi connectivity index (χ2v) is 5.01. The lowest BCUT2D eigenvalue weighted by Gasteiger charge is -2.42. The molecule has 0 spiro atoms. The van der Waals surface area contributed by atoms with Crippen LogP contribution in [0.15, 0.2) is 0 Å². The number of carbonyl (C=O) groups is 3. The van der Waals surface area contributed by atoms with Crippen LogP contribution in [-0.4, -0.2) is 55.0 Å². The zero-order valence-corrected chi connectivity index (χ0v) is 12.7. The summed E-state index contributed by atoms with van der Waals surface area (Å²) in [6, 6.07) is -0.607. The quantitative estimate of drug-likeness (QED) is 0.557. The molecule has 0 aromatic carbocycles. The van der Waals surface area contributed by atoms with E-state index in [0.717, 1.165) is 0 Å². The molecule has 0 aromatic heterocycles. The van der Waals surface area contributed by atoms with Gasteiger partial charge in [-0.1, -0.05) is 0 Å². The van der Waals surface area contributed by atoms with E-state index in [1.807, 2.05) is 4.90 Å². The lowest BCUT2D eigenvalue weighted by molar-refractivity contribution is -0.167. The largest absolute Gasteiger partial charge is 0.465 e. The molecule has 1 fully saturated rings. The van der Waals surface area contributed by atoms with Crippen molar-refractivity contribution in [1.29, 1.82) is 0 Å². The lowest BCUT2D eigenvalue weighted by Crippen LogP contribution is -2.60. The third-order valence-corrected chi connectivity index (χ3v) is 3.94. The Balaban J connectivity index is 3.05. The van der Waals surface area contributed by atoms with Crippen molar-refractivity contribution < 1.29 is 23.9 Å². The van der Waals surface area contributed by atoms with E-state index in [0.29, 0.717) is 0 Å². The maximum atomic E-state index is 12.5. The number of piperidine rings is 1. The number of rotatable bonds is 4. The molecule has 6 heteroatoms. The van der Waals surface area contributed by atoms with Crippen molar-refractivity contribution in [2.75, 3.05) is 20.3 Å². The molecule has 0 bridgehead atoms. The van der Waals surface area contributed by atoms with Crippen molar-refractivity contribution in [2.45, 2.75) is 39.8 Å². The molecular formula is C14H23NO5. The van der Waals surface area contributed by atoms with Crippen LogP contribution in [0.4, 0.5) is 0 Å². The van der Waals surface area contributed by atoms with Crippen molar-refractivity contribution in [2.24, 2.45) is 11.8 Å². The topological polar surface area (TPSA) is 72.9 Å². The van der Waals surface area contributed by atoms with Gasteiger partial charge in [-0.05, 0) is 34.7 Å². The minimum absolute atomic E-state index is 0.207. The molecule has 0 saturated carbocycles. The Hall–Kier alpha value is -1.43. The Labute approximate surface area is 119 Å². The van der Waals surface area contributed by atoms with Crippen LogP contribution in [0.5, 0.6) is 0 Å². The number of likely N-dealkylation sites (tertiary alicyclic amines) is 1. The summed E-state index contributed by atoms with van der Waals surface area (Å²) in [6.07, 6.45) is 0. The Morgan fingerprint density at radius 2 is 1.35 bits per heavy atom. The van der Waals surface area contributed by atoms with Crippen LogP contribution in [0.1, 0.15) is 27.7 Å². The molecule has 0 unspecified atom stereocenters. The van der Waals surface area contributed by atoms with Gasteiger partial charge in [0, 0.05) is 12.1 Å². The monoisotopic (exact) mass is 285 g/mol. The smallest absolute Gasteiger partial charge is 0.318 e. The molecule has 0 N–H and O–H groups in total. The first-order chi connectivity index (χ1) is 9.36. The second kappa shape index (κ2) is 6.83. The summed E-state index contributed by atoms with van der Waals surface area (Å²) >= 11 is 0. The number of nitrogens with zero attached hydrogens (tertiary/aromatic N) is 1. The lowest BCUT2D eigenvalue weighted by atomic mass is 9.78. The number of esters is 2. The van der Waals surface area contributed by atoms with E-state index in [4.69, 9.17) is 9.47 Å². The molecule has 1 aliphatic rings. The highest BCUT2D eigenvalue weighted by atomic mass is 16.5. The van der Waals surface area contributed by atoms with E-state index in [1.54, 1.807) is 34.7 Å². The van der Waals surface area contributed by atoms with E-state index < -0.39 is 29.6 Å². The van der Waals surface area contributed by atoms with Gasteiger partial charge in [0.15, 0.2) is 5.78 Å². The Morgan fingerprint density at radius 3 is 1.65 bits per heavy atom. The van der Waals surface area contributed by atoms with Gasteiger partial charge in [-0.25, -0.2) is 0 Å². The van der Waals surface area contributed by atoms with Gasteiger partial charge in [-0.15, -0.1) is 0 Å². The zero-order chi connectivity index (χ0) is 15.4. The van der Waals surface area contributed by atoms with Crippen LogP contribution < -0.4 is 0 Å². The maximum absolute atomic E-state index is 12.5. The minimum Gasteiger partial charge on any atom is -0.465 e. The first-order valence-corrected chi connectivity index (χ1v) is 6.95. The fourth-order valence-corrected chi connectivity index (χ4v) is 2.60. The molecular weight excluding hydrogens is 262 g/mol. The SMILES string of the molecule is CCOC(=O)[C@@H]1C(=O)[C@H](C(=O)OCC)[C@H](C)N(C)[C@H]1C. The average Bonchev–Trinajstić information content (AvgIpc) is 2.37. The fourth-order valence-electron chi connectivity index (χ4n) is 2.60. The molecule has 4 atom stereocenters. The van der Waals surface area contributed by atoms with Crippen LogP contribution in [-0.2, 0) is 23.9 Å². The summed E-state index contributed by atoms with van der Waals surface area (Å²) in [5.41, 5.74) is 0. The Bertz CT molecular complexity index is 361. The molecule has 20 heavy (non-hydrogen) atoms. The highest BCUT2D eigenvalue weighted by molar-refractivity contribution is 6.10. The van der Waals surface area contributed by atoms with Crippen molar-refractivity contribution in [3.05, 3.63) is 0 Å². The van der Waals surface area contributed by atoms with Crippen molar-refractivity contribution in [3.8, 4) is 0 Å². The number of ketones is 1. The standard InChI is InChI=1S/C14H23NO5/c1-6-19-13(17)10-8(3)15(5)9(4)11(12(10)16)14(18)20-7-2/h8-11H,6-7H2,1-5H3/t8-,9-,10-,11+/m0/s1. The van der Waals surface area contributed by atoms with Crippen LogP contribution >= 0.6 is 0 Å². The van der Waals surface area contributed by atoms with E-state index in [2.05, 4.69) is 0 Å². The molecule has 1 aliphatic heterocycles. The highest BCUT2D eigenvalue weighted by Gasteiger charge is 2.51. The summed E-state index contributed by atoms with van der Waals surface area (Å²) in [5, 5.41) is 0. The molecule has 0 aromatic rings. The Morgan fingerprint density at radius 1 is 1.00 bits per heavy atom. The molecule has 1 rings (SSSR count). The average molecular weight is 285 g/mol. The highest BCUT2D eigenvalue weighted by Crippen LogP contribution is 2.30. The summed E-state index contributed by atoms with van der Waals surface area (Å²) in [4.78, 5) is 38.3. The molecule has 1 saturated heterocycles. The number of ether oxygens (including phenoxy) is 2. The van der Waals surface area contributed by atoms with Gasteiger partial charge in [-0.2, -0.15) is 0 Å². The van der Waals surface area contributed by atoms with Crippen LogP contribution in [0.3, 0.4) is 0 Å². The number of carbonyl (C=O) groups excluding carboxylic acids is 3. The van der Waals surface area contributed by atoms with Crippen molar-refractivity contribution in [1.82, 2.24) is 4.90 Å². The summed E-state index contributed by atoms with van der Waals surface area (Å²) < 4.78 is 9.91. The first kappa shape index (κ1) is 16.6. The molecule has 0 amide bonds. The van der Waals surface area contributed by atoms with Gasteiger partial charge in [-0.3, -0.25) is 19.3 Å². The summed E-state index contributed by atoms with van der Waals surface area (Å²) in [6.45, 7) is 7.36. The maximum Gasteiger partial charge on any atom is 0.318 e. The summed E-state index contributed by atoms with van der Waals surface area (Å²) in [5.74, 6) is -3.42. The van der Waals surface area contributed by atoms with Crippen LogP contribution in [0, 0.1) is 11.8 Å². The van der Waals surface area contributed by atoms with E-state index in [-0.39, 0.29) is 25.3 Å². The predicted molar refractivity (Wildman–Crippen MR) is 71.9 cm³/mol. The third kappa shape index (κ3) is 3.00. The molecule has 6 nitrogen and oxygen atoms in total. The van der Waals surface area contributed by atoms with Crippen LogP contribution in [0.2, 0.25) is 0 Å².